The molecular formula is C20H32O. The summed E-state index contributed by atoms with van der Waals surface area (Å²) >= 11 is 0. The summed E-state index contributed by atoms with van der Waals surface area (Å²) in [5, 5.41) is 0. The molecule has 3 rings (SSSR count). The number of allylic oxidation sites excluding steroid dienone is 1. The number of rotatable bonds is 5. The molecule has 0 N–H and O–H groups in total. The van der Waals surface area contributed by atoms with E-state index in [0.717, 1.165) is 36.5 Å². The largest absolute Gasteiger partial charge is 0.300 e. The van der Waals surface area contributed by atoms with Gasteiger partial charge in [-0.15, -0.1) is 0 Å². The molecule has 0 aromatic heterocycles. The Bertz CT molecular complexity index is 449. The molecule has 6 atom stereocenters. The molecule has 3 fully saturated rings. The molecule has 3 aliphatic carbocycles. The van der Waals surface area contributed by atoms with E-state index < -0.39 is 0 Å². The zero-order valence-electron chi connectivity index (χ0n) is 14.3. The van der Waals surface area contributed by atoms with Crippen LogP contribution in [0.2, 0.25) is 0 Å². The van der Waals surface area contributed by atoms with Crippen molar-refractivity contribution in [2.75, 3.05) is 0 Å². The maximum Gasteiger partial charge on any atom is 0.133 e. The summed E-state index contributed by atoms with van der Waals surface area (Å²) in [6, 6.07) is 0. The molecule has 3 aliphatic rings. The highest BCUT2D eigenvalue weighted by Crippen LogP contribution is 2.73. The minimum atomic E-state index is 0.479. The van der Waals surface area contributed by atoms with Gasteiger partial charge >= 0.3 is 0 Å². The van der Waals surface area contributed by atoms with Gasteiger partial charge in [-0.25, -0.2) is 0 Å². The lowest BCUT2D eigenvalue weighted by molar-refractivity contribution is -0.122. The monoisotopic (exact) mass is 288 g/mol. The van der Waals surface area contributed by atoms with E-state index >= 15 is 0 Å². The SMILES string of the molecule is C=C1CC[C@@H]2[C@H]1[C@H]1[C@@H]([C@@H](C)CC(=O)CC(C)C)CC[C@]12C. The summed E-state index contributed by atoms with van der Waals surface area (Å²) < 4.78 is 0. The minimum Gasteiger partial charge on any atom is -0.300 e. The van der Waals surface area contributed by atoms with E-state index in [2.05, 4.69) is 34.3 Å². The van der Waals surface area contributed by atoms with Gasteiger partial charge in [-0.05, 0) is 66.6 Å². The molecule has 21 heavy (non-hydrogen) atoms. The quantitative estimate of drug-likeness (QED) is 0.631. The van der Waals surface area contributed by atoms with Crippen molar-refractivity contribution in [1.82, 2.24) is 0 Å². The summed E-state index contributed by atoms with van der Waals surface area (Å²) in [6.45, 7) is 13.5. The molecule has 3 saturated carbocycles. The maximum atomic E-state index is 12.2. The van der Waals surface area contributed by atoms with E-state index in [0.29, 0.717) is 23.0 Å². The van der Waals surface area contributed by atoms with Gasteiger partial charge in [0.25, 0.3) is 0 Å². The van der Waals surface area contributed by atoms with Crippen LogP contribution in [0.15, 0.2) is 12.2 Å². The van der Waals surface area contributed by atoms with Crippen LogP contribution >= 0.6 is 0 Å². The Morgan fingerprint density at radius 2 is 2.00 bits per heavy atom. The molecule has 0 aromatic carbocycles. The van der Waals surface area contributed by atoms with Gasteiger partial charge in [0.05, 0.1) is 0 Å². The number of hydrogen-bond acceptors (Lipinski definition) is 1. The minimum absolute atomic E-state index is 0.479. The van der Waals surface area contributed by atoms with E-state index in [9.17, 15) is 4.79 Å². The van der Waals surface area contributed by atoms with Crippen molar-refractivity contribution in [1.29, 1.82) is 0 Å². The third-order valence-electron chi connectivity index (χ3n) is 7.07. The van der Waals surface area contributed by atoms with Crippen LogP contribution in [0, 0.1) is 40.9 Å². The first-order chi connectivity index (χ1) is 9.84. The smallest absolute Gasteiger partial charge is 0.133 e. The molecule has 0 heterocycles. The molecule has 0 unspecified atom stereocenters. The Labute approximate surface area is 130 Å². The van der Waals surface area contributed by atoms with Crippen LogP contribution in [0.25, 0.3) is 0 Å². The Morgan fingerprint density at radius 3 is 2.67 bits per heavy atom. The fourth-order valence-electron chi connectivity index (χ4n) is 6.21. The summed E-state index contributed by atoms with van der Waals surface area (Å²) in [4.78, 5) is 12.2. The molecule has 1 nitrogen and oxygen atoms in total. The first-order valence-electron chi connectivity index (χ1n) is 9.04. The average molecular weight is 288 g/mol. The van der Waals surface area contributed by atoms with Gasteiger partial charge in [0.15, 0.2) is 0 Å². The van der Waals surface area contributed by atoms with Gasteiger partial charge in [0.1, 0.15) is 5.78 Å². The van der Waals surface area contributed by atoms with E-state index in [4.69, 9.17) is 0 Å². The number of fused-ring (bicyclic) bond motifs is 4. The van der Waals surface area contributed by atoms with E-state index in [1.54, 1.807) is 0 Å². The number of carbonyl (C=O) groups excluding carboxylic acids is 1. The lowest BCUT2D eigenvalue weighted by atomic mass is 9.47. The van der Waals surface area contributed by atoms with Gasteiger partial charge in [-0.3, -0.25) is 4.79 Å². The van der Waals surface area contributed by atoms with Gasteiger partial charge in [0.2, 0.25) is 0 Å². The number of hydrogen-bond donors (Lipinski definition) is 0. The number of ketones is 1. The molecule has 0 bridgehead atoms. The second kappa shape index (κ2) is 5.25. The van der Waals surface area contributed by atoms with Crippen molar-refractivity contribution in [2.24, 2.45) is 40.9 Å². The molecule has 0 aliphatic heterocycles. The predicted octanol–water partition coefficient (Wildman–Crippen LogP) is 5.26. The van der Waals surface area contributed by atoms with Crippen molar-refractivity contribution < 1.29 is 4.79 Å². The summed E-state index contributed by atoms with van der Waals surface area (Å²) in [5.41, 5.74) is 2.10. The molecule has 0 saturated heterocycles. The van der Waals surface area contributed by atoms with Crippen molar-refractivity contribution in [3.8, 4) is 0 Å². The Balaban J connectivity index is 1.67. The molecule has 118 valence electrons. The first kappa shape index (κ1) is 15.3. The molecule has 1 heteroatoms. The second-order valence-corrected chi connectivity index (χ2v) is 8.88. The summed E-state index contributed by atoms with van der Waals surface area (Å²) in [5.74, 6) is 4.86. The highest BCUT2D eigenvalue weighted by atomic mass is 16.1. The number of Topliss-reactive ketones (excluding diaryl/α,β-unsaturated/α-hetero) is 1. The Hall–Kier alpha value is -0.590. The van der Waals surface area contributed by atoms with Gasteiger partial charge in [-0.2, -0.15) is 0 Å². The third kappa shape index (κ3) is 2.32. The molecule has 0 spiro atoms. The molecule has 0 amide bonds. The third-order valence-corrected chi connectivity index (χ3v) is 7.07. The van der Waals surface area contributed by atoms with Crippen molar-refractivity contribution >= 4 is 5.78 Å². The van der Waals surface area contributed by atoms with Crippen LogP contribution in [0.3, 0.4) is 0 Å². The lowest BCUT2D eigenvalue weighted by Gasteiger charge is -2.57. The van der Waals surface area contributed by atoms with Crippen LogP contribution in [0.5, 0.6) is 0 Å². The van der Waals surface area contributed by atoms with Crippen LogP contribution < -0.4 is 0 Å². The molecule has 0 aromatic rings. The molecular weight excluding hydrogens is 256 g/mol. The van der Waals surface area contributed by atoms with Crippen LogP contribution in [-0.4, -0.2) is 5.78 Å². The standard InChI is InChI=1S/C20H32O/c1-12(2)10-15(21)11-14(4)16-8-9-20(5)17-7-6-13(3)18(17)19(16)20/h12,14,16-19H,3,6-11H2,1-2,4-5H3/t14-,16+,17+,18-,19+,20-/m0/s1. The van der Waals surface area contributed by atoms with Crippen molar-refractivity contribution in [3.63, 3.8) is 0 Å². The van der Waals surface area contributed by atoms with E-state index in [-0.39, 0.29) is 0 Å². The van der Waals surface area contributed by atoms with Crippen molar-refractivity contribution in [3.05, 3.63) is 12.2 Å². The Morgan fingerprint density at radius 1 is 1.29 bits per heavy atom. The van der Waals surface area contributed by atoms with Gasteiger partial charge in [-0.1, -0.05) is 39.8 Å². The predicted molar refractivity (Wildman–Crippen MR) is 87.9 cm³/mol. The lowest BCUT2D eigenvalue weighted by Crippen LogP contribution is -2.52. The highest BCUT2D eigenvalue weighted by molar-refractivity contribution is 5.78. The fourth-order valence-corrected chi connectivity index (χ4v) is 6.21. The van der Waals surface area contributed by atoms with E-state index in [1.165, 1.54) is 31.3 Å². The average Bonchev–Trinajstić information content (AvgIpc) is 2.84. The zero-order valence-corrected chi connectivity index (χ0v) is 14.3. The van der Waals surface area contributed by atoms with Crippen LogP contribution in [0.1, 0.15) is 66.2 Å². The fraction of sp³-hybridized carbons (Fsp3) is 0.850. The first-order valence-corrected chi connectivity index (χ1v) is 9.04. The summed E-state index contributed by atoms with van der Waals surface area (Å²) in [7, 11) is 0. The second-order valence-electron chi connectivity index (χ2n) is 8.88. The zero-order chi connectivity index (χ0) is 15.4. The Kier molecular flexibility index (Phi) is 3.83. The normalized spacial score (nSPS) is 42.6. The van der Waals surface area contributed by atoms with E-state index in [1.807, 2.05) is 0 Å². The maximum absolute atomic E-state index is 12.2. The van der Waals surface area contributed by atoms with Crippen LogP contribution in [0.4, 0.5) is 0 Å². The van der Waals surface area contributed by atoms with Crippen molar-refractivity contribution in [2.45, 2.75) is 66.2 Å². The molecule has 0 radical (unpaired) electrons. The van der Waals surface area contributed by atoms with Gasteiger partial charge < -0.3 is 0 Å². The topological polar surface area (TPSA) is 17.1 Å². The highest BCUT2D eigenvalue weighted by Gasteiger charge is 2.66. The van der Waals surface area contributed by atoms with Gasteiger partial charge in [0, 0.05) is 12.8 Å². The summed E-state index contributed by atoms with van der Waals surface area (Å²) in [6.07, 6.45) is 6.94. The van der Waals surface area contributed by atoms with Crippen LogP contribution in [-0.2, 0) is 4.79 Å². The number of carbonyl (C=O) groups is 1.